The molecule has 0 bridgehead atoms. The van der Waals surface area contributed by atoms with Crippen LogP contribution in [0.5, 0.6) is 5.75 Å². The second-order valence-corrected chi connectivity index (χ2v) is 10.3. The molecule has 3 aromatic rings. The van der Waals surface area contributed by atoms with Crippen LogP contribution in [-0.2, 0) is 21.4 Å². The summed E-state index contributed by atoms with van der Waals surface area (Å²) in [5, 5.41) is 21.3. The fraction of sp³-hybridized carbons (Fsp3) is 0.143. The molecular formula is C21H17ClN2O6S2. The Labute approximate surface area is 193 Å². The van der Waals surface area contributed by atoms with Gasteiger partial charge in [0.25, 0.3) is 5.91 Å². The van der Waals surface area contributed by atoms with Crippen LogP contribution >= 0.6 is 22.9 Å². The van der Waals surface area contributed by atoms with Gasteiger partial charge < -0.3 is 15.1 Å². The quantitative estimate of drug-likeness (QED) is 0.576. The summed E-state index contributed by atoms with van der Waals surface area (Å²) in [4.78, 5) is 26.8. The summed E-state index contributed by atoms with van der Waals surface area (Å²) < 4.78 is 27.7. The normalized spacial score (nSPS) is 16.9. The van der Waals surface area contributed by atoms with Crippen LogP contribution in [0.2, 0.25) is 5.02 Å². The van der Waals surface area contributed by atoms with Crippen LogP contribution in [0.25, 0.3) is 0 Å². The highest BCUT2D eigenvalue weighted by atomic mass is 35.5. The number of phenolic OH excluding ortho intramolecular Hbond substituents is 1. The van der Waals surface area contributed by atoms with E-state index in [-0.39, 0.29) is 27.1 Å². The molecule has 4 rings (SSSR count). The molecule has 0 saturated carbocycles. The number of nitrogens with zero attached hydrogens (tertiary/aromatic N) is 2. The van der Waals surface area contributed by atoms with Gasteiger partial charge in [-0.3, -0.25) is 9.59 Å². The topological polar surface area (TPSA) is 115 Å². The summed E-state index contributed by atoms with van der Waals surface area (Å²) in [5.74, 6) is -2.02. The molecule has 2 heterocycles. The number of carbonyl (C=O) groups is 2. The molecule has 1 aromatic heterocycles. The van der Waals surface area contributed by atoms with E-state index in [2.05, 4.69) is 0 Å². The van der Waals surface area contributed by atoms with Gasteiger partial charge in [0.05, 0.1) is 16.5 Å². The van der Waals surface area contributed by atoms with Crippen LogP contribution in [0.3, 0.4) is 0 Å². The number of carboxylic acid groups (broad SMARTS) is 1. The average Bonchev–Trinajstić information content (AvgIpc) is 3.10. The third-order valence-electron chi connectivity index (χ3n) is 5.10. The van der Waals surface area contributed by atoms with E-state index in [0.717, 1.165) is 15.6 Å². The Hall–Kier alpha value is -2.92. The maximum atomic E-state index is 13.4. The third kappa shape index (κ3) is 3.97. The maximum absolute atomic E-state index is 13.4. The van der Waals surface area contributed by atoms with Gasteiger partial charge in [-0.15, -0.1) is 11.3 Å². The zero-order valence-corrected chi connectivity index (χ0v) is 18.8. The number of hydrogen-bond acceptors (Lipinski definition) is 6. The van der Waals surface area contributed by atoms with Gasteiger partial charge >= 0.3 is 5.97 Å². The lowest BCUT2D eigenvalue weighted by Crippen LogP contribution is -2.50. The first-order valence-electron chi connectivity index (χ1n) is 9.36. The van der Waals surface area contributed by atoms with Gasteiger partial charge in [0.1, 0.15) is 16.7 Å². The average molecular weight is 493 g/mol. The monoisotopic (exact) mass is 492 g/mol. The molecule has 0 radical (unpaired) electrons. The standard InChI is InChI=1S/C21H17ClN2O6S2/c22-16-9-10-31-19(16)20(26)23-12-18(21(27)28)24(11-13-3-1-2-4-17(13)23)32(29,30)15-7-5-14(25)6-8-15/h1-10,18,25H,11-12H2,(H,27,28). The van der Waals surface area contributed by atoms with Gasteiger partial charge in [-0.2, -0.15) is 4.31 Å². The van der Waals surface area contributed by atoms with Crippen LogP contribution in [-0.4, -0.2) is 47.4 Å². The summed E-state index contributed by atoms with van der Waals surface area (Å²) in [5.41, 5.74) is 0.885. The molecule has 1 atom stereocenters. The Morgan fingerprint density at radius 3 is 2.38 bits per heavy atom. The van der Waals surface area contributed by atoms with Crippen molar-refractivity contribution in [3.8, 4) is 5.75 Å². The minimum absolute atomic E-state index is 0.121. The molecule has 1 amide bonds. The lowest BCUT2D eigenvalue weighted by molar-refractivity contribution is -0.141. The number of benzene rings is 2. The molecule has 0 aliphatic carbocycles. The first kappa shape index (κ1) is 22.3. The van der Waals surface area contributed by atoms with E-state index in [1.165, 1.54) is 29.2 Å². The van der Waals surface area contributed by atoms with E-state index >= 15 is 0 Å². The lowest BCUT2D eigenvalue weighted by atomic mass is 10.1. The van der Waals surface area contributed by atoms with Crippen molar-refractivity contribution in [1.29, 1.82) is 0 Å². The van der Waals surface area contributed by atoms with Crippen LogP contribution in [0.15, 0.2) is 64.9 Å². The van der Waals surface area contributed by atoms with E-state index in [9.17, 15) is 28.2 Å². The SMILES string of the molecule is O=C(O)C1CN(C(=O)c2sccc2Cl)c2ccccc2CN1S(=O)(=O)c1ccc(O)cc1. The molecule has 2 aromatic carbocycles. The number of amides is 1. The number of rotatable bonds is 4. The second kappa shape index (κ2) is 8.55. The number of phenols is 1. The predicted molar refractivity (Wildman–Crippen MR) is 120 cm³/mol. The Morgan fingerprint density at radius 2 is 1.75 bits per heavy atom. The van der Waals surface area contributed by atoms with Crippen LogP contribution in [0.4, 0.5) is 5.69 Å². The molecule has 0 spiro atoms. The number of sulfonamides is 1. The van der Waals surface area contributed by atoms with Crippen LogP contribution in [0, 0.1) is 0 Å². The zero-order chi connectivity index (χ0) is 23.0. The lowest BCUT2D eigenvalue weighted by Gasteiger charge is -2.28. The van der Waals surface area contributed by atoms with Gasteiger partial charge in [-0.05, 0) is 47.3 Å². The smallest absolute Gasteiger partial charge is 0.323 e. The van der Waals surface area contributed by atoms with Crippen molar-refractivity contribution >= 4 is 50.5 Å². The maximum Gasteiger partial charge on any atom is 0.323 e. The number of para-hydroxylation sites is 1. The number of carbonyl (C=O) groups excluding carboxylic acids is 1. The van der Waals surface area contributed by atoms with Crippen molar-refractivity contribution in [2.45, 2.75) is 17.5 Å². The largest absolute Gasteiger partial charge is 0.508 e. The molecule has 0 fully saturated rings. The number of anilines is 1. The van der Waals surface area contributed by atoms with Crippen molar-refractivity contribution in [2.75, 3.05) is 11.4 Å². The molecule has 11 heteroatoms. The van der Waals surface area contributed by atoms with Crippen molar-refractivity contribution < 1.29 is 28.2 Å². The molecule has 1 aliphatic rings. The summed E-state index contributed by atoms with van der Waals surface area (Å²) in [7, 11) is -4.27. The number of aromatic hydroxyl groups is 1. The molecular weight excluding hydrogens is 476 g/mol. The summed E-state index contributed by atoms with van der Waals surface area (Å²) in [6.07, 6.45) is 0. The number of thiophene rings is 1. The zero-order valence-electron chi connectivity index (χ0n) is 16.4. The molecule has 166 valence electrons. The van der Waals surface area contributed by atoms with E-state index in [1.54, 1.807) is 35.7 Å². The van der Waals surface area contributed by atoms with Crippen molar-refractivity contribution in [2.24, 2.45) is 0 Å². The van der Waals surface area contributed by atoms with Gasteiger partial charge in [0.15, 0.2) is 0 Å². The molecule has 2 N–H and O–H groups in total. The Bertz CT molecular complexity index is 1290. The fourth-order valence-electron chi connectivity index (χ4n) is 3.52. The van der Waals surface area contributed by atoms with E-state index in [0.29, 0.717) is 11.3 Å². The Kier molecular flexibility index (Phi) is 5.95. The Balaban J connectivity index is 1.84. The predicted octanol–water partition coefficient (Wildman–Crippen LogP) is 3.41. The van der Waals surface area contributed by atoms with E-state index in [4.69, 9.17) is 11.6 Å². The number of fused-ring (bicyclic) bond motifs is 1. The summed E-state index contributed by atoms with van der Waals surface area (Å²) in [6.45, 7) is -0.658. The van der Waals surface area contributed by atoms with Crippen molar-refractivity contribution in [3.63, 3.8) is 0 Å². The number of carboxylic acids is 1. The minimum atomic E-state index is -4.27. The van der Waals surface area contributed by atoms with Crippen LogP contribution in [0.1, 0.15) is 15.2 Å². The van der Waals surface area contributed by atoms with E-state index < -0.39 is 34.5 Å². The molecule has 32 heavy (non-hydrogen) atoms. The van der Waals surface area contributed by atoms with E-state index in [1.807, 2.05) is 0 Å². The van der Waals surface area contributed by atoms with Crippen molar-refractivity contribution in [3.05, 3.63) is 75.4 Å². The van der Waals surface area contributed by atoms with Gasteiger partial charge in [0, 0.05) is 12.2 Å². The third-order valence-corrected chi connectivity index (χ3v) is 8.30. The highest BCUT2D eigenvalue weighted by molar-refractivity contribution is 7.89. The first-order valence-corrected chi connectivity index (χ1v) is 12.1. The molecule has 0 saturated heterocycles. The molecule has 1 unspecified atom stereocenters. The summed E-state index contributed by atoms with van der Waals surface area (Å²) in [6, 6.07) is 11.5. The number of aliphatic carboxylic acids is 1. The van der Waals surface area contributed by atoms with Gasteiger partial charge in [0.2, 0.25) is 10.0 Å². The highest BCUT2D eigenvalue weighted by Crippen LogP contribution is 2.34. The fourth-order valence-corrected chi connectivity index (χ4v) is 6.15. The number of halogens is 1. The first-order chi connectivity index (χ1) is 15.2. The van der Waals surface area contributed by atoms with Crippen LogP contribution < -0.4 is 4.90 Å². The second-order valence-electron chi connectivity index (χ2n) is 7.04. The molecule has 1 aliphatic heterocycles. The summed E-state index contributed by atoms with van der Waals surface area (Å²) >= 11 is 7.26. The number of hydrogen-bond donors (Lipinski definition) is 2. The highest BCUT2D eigenvalue weighted by Gasteiger charge is 2.42. The Morgan fingerprint density at radius 1 is 1.06 bits per heavy atom. The minimum Gasteiger partial charge on any atom is -0.508 e. The molecule has 8 nitrogen and oxygen atoms in total. The van der Waals surface area contributed by atoms with Gasteiger partial charge in [-0.1, -0.05) is 29.8 Å². The van der Waals surface area contributed by atoms with Gasteiger partial charge in [-0.25, -0.2) is 8.42 Å². The van der Waals surface area contributed by atoms with Crippen molar-refractivity contribution in [1.82, 2.24) is 4.31 Å².